The maximum Gasteiger partial charge on any atom is 0.251 e. The molecule has 2 N–H and O–H groups in total. The number of carbonyl (C=O) groups is 1. The second-order valence-electron chi connectivity index (χ2n) is 6.80. The third-order valence-corrected chi connectivity index (χ3v) is 4.66. The maximum absolute atomic E-state index is 12.3. The van der Waals surface area contributed by atoms with E-state index in [-0.39, 0.29) is 11.9 Å². The van der Waals surface area contributed by atoms with E-state index in [1.54, 1.807) is 4.90 Å². The van der Waals surface area contributed by atoms with Gasteiger partial charge in [0.2, 0.25) is 0 Å². The Kier molecular flexibility index (Phi) is 5.44. The molecule has 114 valence electrons. The number of hydrogen-bond acceptors (Lipinski definition) is 2. The molecule has 1 unspecified atom stereocenters. The molecule has 2 rings (SSSR count). The lowest BCUT2D eigenvalue weighted by molar-refractivity contribution is -0.127. The summed E-state index contributed by atoms with van der Waals surface area (Å²) in [5.41, 5.74) is 0. The largest absolute Gasteiger partial charge is 0.344 e. The van der Waals surface area contributed by atoms with Gasteiger partial charge in [-0.15, -0.1) is 0 Å². The number of nitrogens with zero attached hydrogens (tertiary/aromatic N) is 1. The van der Waals surface area contributed by atoms with Crippen LogP contribution < -0.4 is 5.32 Å². The van der Waals surface area contributed by atoms with Crippen LogP contribution in [-0.4, -0.2) is 29.4 Å². The van der Waals surface area contributed by atoms with E-state index < -0.39 is 0 Å². The van der Waals surface area contributed by atoms with Crippen LogP contribution in [-0.2, 0) is 4.79 Å². The highest BCUT2D eigenvalue weighted by molar-refractivity contribution is 6.05. The third kappa shape index (κ3) is 3.97. The second-order valence-corrected chi connectivity index (χ2v) is 6.80. The normalized spacial score (nSPS) is 24.6. The van der Waals surface area contributed by atoms with E-state index in [0.717, 1.165) is 25.2 Å². The Morgan fingerprint density at radius 2 is 1.95 bits per heavy atom. The first-order valence-corrected chi connectivity index (χ1v) is 8.24. The van der Waals surface area contributed by atoms with E-state index in [9.17, 15) is 4.79 Å². The van der Waals surface area contributed by atoms with Crippen molar-refractivity contribution in [3.8, 4) is 0 Å². The van der Waals surface area contributed by atoms with Gasteiger partial charge in [-0.25, -0.2) is 0 Å². The Labute approximate surface area is 122 Å². The Morgan fingerprint density at radius 1 is 1.25 bits per heavy atom. The molecule has 1 saturated carbocycles. The first-order chi connectivity index (χ1) is 9.58. The molecular formula is C16H29N3O. The second kappa shape index (κ2) is 7.09. The van der Waals surface area contributed by atoms with Crippen molar-refractivity contribution in [3.05, 3.63) is 0 Å². The number of amides is 1. The molecule has 2 fully saturated rings. The van der Waals surface area contributed by atoms with Crippen LogP contribution in [0.25, 0.3) is 0 Å². The van der Waals surface area contributed by atoms with Crippen molar-refractivity contribution < 1.29 is 4.79 Å². The fourth-order valence-electron chi connectivity index (χ4n) is 3.29. The van der Waals surface area contributed by atoms with Crippen LogP contribution in [0.4, 0.5) is 0 Å². The lowest BCUT2D eigenvalue weighted by Gasteiger charge is -2.22. The predicted octanol–water partition coefficient (Wildman–Crippen LogP) is 3.13. The highest BCUT2D eigenvalue weighted by atomic mass is 16.2. The van der Waals surface area contributed by atoms with Crippen molar-refractivity contribution in [1.29, 1.82) is 5.41 Å². The van der Waals surface area contributed by atoms with E-state index in [2.05, 4.69) is 19.2 Å². The summed E-state index contributed by atoms with van der Waals surface area (Å²) in [7, 11) is 0. The molecule has 1 saturated heterocycles. The molecular weight excluding hydrogens is 250 g/mol. The number of carbonyl (C=O) groups excluding carboxylic acids is 1. The standard InChI is InChI=1S/C16H29N3O/c1-12(2)10-11-19-15(20)14(18-16(19)17)9-8-13-6-4-3-5-7-13/h12-14H,3-11H2,1-2H3,(H2,17,18). The molecule has 0 aromatic heterocycles. The van der Waals surface area contributed by atoms with Crippen molar-refractivity contribution in [1.82, 2.24) is 10.2 Å². The summed E-state index contributed by atoms with van der Waals surface area (Å²) in [6.07, 6.45) is 9.74. The fourth-order valence-corrected chi connectivity index (χ4v) is 3.29. The monoisotopic (exact) mass is 279 g/mol. The fraction of sp³-hybridized carbons (Fsp3) is 0.875. The predicted molar refractivity (Wildman–Crippen MR) is 81.6 cm³/mol. The number of hydrogen-bond donors (Lipinski definition) is 2. The minimum atomic E-state index is -0.142. The van der Waals surface area contributed by atoms with Gasteiger partial charge in [0, 0.05) is 6.54 Å². The van der Waals surface area contributed by atoms with Crippen LogP contribution in [0.1, 0.15) is 65.2 Å². The van der Waals surface area contributed by atoms with Crippen LogP contribution in [0, 0.1) is 17.2 Å². The highest BCUT2D eigenvalue weighted by Crippen LogP contribution is 2.28. The summed E-state index contributed by atoms with van der Waals surface area (Å²) in [5, 5.41) is 11.0. The number of guanidine groups is 1. The van der Waals surface area contributed by atoms with Crippen LogP contribution in [0.15, 0.2) is 0 Å². The topological polar surface area (TPSA) is 56.2 Å². The van der Waals surface area contributed by atoms with Gasteiger partial charge in [-0.1, -0.05) is 46.0 Å². The Morgan fingerprint density at radius 3 is 2.60 bits per heavy atom. The average Bonchev–Trinajstić information content (AvgIpc) is 2.70. The number of nitrogens with one attached hydrogen (secondary N) is 2. The minimum absolute atomic E-state index is 0.117. The molecule has 1 heterocycles. The van der Waals surface area contributed by atoms with E-state index in [4.69, 9.17) is 5.41 Å². The highest BCUT2D eigenvalue weighted by Gasteiger charge is 2.35. The minimum Gasteiger partial charge on any atom is -0.344 e. The summed E-state index contributed by atoms with van der Waals surface area (Å²) in [5.74, 6) is 1.80. The number of rotatable bonds is 6. The SMILES string of the molecule is CC(C)CCN1C(=N)NC(CCC2CCCCC2)C1=O. The summed E-state index contributed by atoms with van der Waals surface area (Å²) >= 11 is 0. The molecule has 1 aliphatic heterocycles. The molecule has 0 aromatic carbocycles. The van der Waals surface area contributed by atoms with Crippen molar-refractivity contribution in [2.75, 3.05) is 6.54 Å². The van der Waals surface area contributed by atoms with Gasteiger partial charge in [-0.05, 0) is 31.1 Å². The lowest BCUT2D eigenvalue weighted by atomic mass is 9.85. The third-order valence-electron chi connectivity index (χ3n) is 4.66. The lowest BCUT2D eigenvalue weighted by Crippen LogP contribution is -2.33. The molecule has 4 nitrogen and oxygen atoms in total. The van der Waals surface area contributed by atoms with Crippen molar-refractivity contribution in [3.63, 3.8) is 0 Å². The van der Waals surface area contributed by atoms with E-state index in [0.29, 0.717) is 18.4 Å². The summed E-state index contributed by atoms with van der Waals surface area (Å²) in [6, 6.07) is -0.142. The van der Waals surface area contributed by atoms with Crippen LogP contribution >= 0.6 is 0 Å². The zero-order chi connectivity index (χ0) is 14.5. The Balaban J connectivity index is 1.78. The van der Waals surface area contributed by atoms with E-state index in [1.807, 2.05) is 0 Å². The van der Waals surface area contributed by atoms with Crippen molar-refractivity contribution in [2.24, 2.45) is 11.8 Å². The van der Waals surface area contributed by atoms with Gasteiger partial charge < -0.3 is 5.32 Å². The Bertz CT molecular complexity index is 348. The molecule has 2 aliphatic rings. The molecule has 0 bridgehead atoms. The Hall–Kier alpha value is -1.06. The van der Waals surface area contributed by atoms with Crippen LogP contribution in [0.2, 0.25) is 0 Å². The van der Waals surface area contributed by atoms with Gasteiger partial charge in [0.1, 0.15) is 6.04 Å². The average molecular weight is 279 g/mol. The van der Waals surface area contributed by atoms with Gasteiger partial charge in [-0.3, -0.25) is 15.1 Å². The van der Waals surface area contributed by atoms with E-state index in [1.165, 1.54) is 32.1 Å². The van der Waals surface area contributed by atoms with E-state index >= 15 is 0 Å². The summed E-state index contributed by atoms with van der Waals surface area (Å²) in [6.45, 7) is 4.98. The molecule has 1 aliphatic carbocycles. The van der Waals surface area contributed by atoms with Gasteiger partial charge in [0.05, 0.1) is 0 Å². The first kappa shape index (κ1) is 15.3. The quantitative estimate of drug-likeness (QED) is 0.785. The van der Waals surface area contributed by atoms with Crippen LogP contribution in [0.5, 0.6) is 0 Å². The maximum atomic E-state index is 12.3. The van der Waals surface area contributed by atoms with Crippen molar-refractivity contribution in [2.45, 2.75) is 71.3 Å². The van der Waals surface area contributed by atoms with Gasteiger partial charge in [0.15, 0.2) is 5.96 Å². The van der Waals surface area contributed by atoms with Crippen molar-refractivity contribution >= 4 is 11.9 Å². The zero-order valence-corrected chi connectivity index (χ0v) is 13.0. The molecule has 1 atom stereocenters. The molecule has 4 heteroatoms. The van der Waals surface area contributed by atoms with Gasteiger partial charge in [-0.2, -0.15) is 0 Å². The molecule has 0 aromatic rings. The smallest absolute Gasteiger partial charge is 0.251 e. The van der Waals surface area contributed by atoms with Gasteiger partial charge >= 0.3 is 0 Å². The molecule has 0 radical (unpaired) electrons. The van der Waals surface area contributed by atoms with Crippen LogP contribution in [0.3, 0.4) is 0 Å². The molecule has 20 heavy (non-hydrogen) atoms. The zero-order valence-electron chi connectivity index (χ0n) is 13.0. The van der Waals surface area contributed by atoms with Gasteiger partial charge in [0.25, 0.3) is 5.91 Å². The summed E-state index contributed by atoms with van der Waals surface area (Å²) in [4.78, 5) is 14.0. The summed E-state index contributed by atoms with van der Waals surface area (Å²) < 4.78 is 0. The first-order valence-electron chi connectivity index (χ1n) is 8.24. The molecule has 0 spiro atoms. The molecule has 1 amide bonds.